The van der Waals surface area contributed by atoms with Crippen LogP contribution in [-0.2, 0) is 16.1 Å². The highest BCUT2D eigenvalue weighted by atomic mass is 35.5. The first-order chi connectivity index (χ1) is 19.9. The zero-order chi connectivity index (χ0) is 30.7. The summed E-state index contributed by atoms with van der Waals surface area (Å²) in [5, 5.41) is 15.8. The topological polar surface area (TPSA) is 158 Å². The van der Waals surface area contributed by atoms with Gasteiger partial charge in [-0.25, -0.2) is 23.1 Å². The molecule has 44 heavy (non-hydrogen) atoms. The number of methoxy groups -OCH3 is 1. The highest BCUT2D eigenvalue weighted by molar-refractivity contribution is 5.96. The van der Waals surface area contributed by atoms with Crippen molar-refractivity contribution in [3.05, 3.63) is 59.0 Å². The lowest BCUT2D eigenvalue weighted by Crippen LogP contribution is -2.50. The van der Waals surface area contributed by atoms with Crippen LogP contribution in [-0.4, -0.2) is 57.8 Å². The number of carbonyl (C=O) groups excluding carboxylic acids is 2. The van der Waals surface area contributed by atoms with Crippen LogP contribution in [0.1, 0.15) is 72.5 Å². The number of nitrogens with two attached hydrogens (primary N) is 1. The third kappa shape index (κ3) is 7.56. The number of aromatic carboxylic acids is 1. The number of ether oxygens (including phenoxy) is 2. The van der Waals surface area contributed by atoms with Gasteiger partial charge in [-0.1, -0.05) is 13.5 Å². The van der Waals surface area contributed by atoms with Crippen molar-refractivity contribution in [1.29, 1.82) is 0 Å². The Kier molecular flexibility index (Phi) is 12.1. The average Bonchev–Trinajstić information content (AvgIpc) is 3.37. The van der Waals surface area contributed by atoms with E-state index in [2.05, 4.69) is 20.1 Å². The SMILES string of the molecule is C.COC(=O)C12CCC(CNC(=O)c3cc(C(=O)O)nc4c(F)cnn34)(CC1)CC2.Cl.NCc1ccc(F)c(OC(F)F)c1. The summed E-state index contributed by atoms with van der Waals surface area (Å²) in [6.07, 6.45) is 5.45. The Morgan fingerprint density at radius 1 is 1.09 bits per heavy atom. The Balaban J connectivity index is 0.000000383. The van der Waals surface area contributed by atoms with Crippen LogP contribution in [0.15, 0.2) is 30.5 Å². The first-order valence-corrected chi connectivity index (χ1v) is 13.0. The van der Waals surface area contributed by atoms with Crippen LogP contribution in [0, 0.1) is 22.5 Å². The molecule has 11 nitrogen and oxygen atoms in total. The van der Waals surface area contributed by atoms with Crippen LogP contribution in [0.4, 0.5) is 17.6 Å². The van der Waals surface area contributed by atoms with Gasteiger partial charge in [0.2, 0.25) is 0 Å². The number of halogens is 5. The van der Waals surface area contributed by atoms with E-state index < -0.39 is 47.0 Å². The zero-order valence-electron chi connectivity index (χ0n) is 22.9. The number of benzene rings is 1. The van der Waals surface area contributed by atoms with E-state index in [1.165, 1.54) is 13.2 Å². The normalized spacial score (nSPS) is 20.1. The molecule has 0 saturated heterocycles. The summed E-state index contributed by atoms with van der Waals surface area (Å²) in [5.41, 5.74) is 4.42. The number of carbonyl (C=O) groups is 3. The minimum absolute atomic E-state index is 0. The van der Waals surface area contributed by atoms with Gasteiger partial charge in [0.25, 0.3) is 5.91 Å². The Morgan fingerprint density at radius 3 is 2.27 bits per heavy atom. The molecule has 1 aromatic carbocycles. The molecule has 2 heterocycles. The number of esters is 1. The number of hydrogen-bond donors (Lipinski definition) is 3. The number of carboxylic acid groups (broad SMARTS) is 1. The third-order valence-corrected chi connectivity index (χ3v) is 7.97. The average molecular weight is 648 g/mol. The number of carboxylic acids is 1. The van der Waals surface area contributed by atoms with Crippen LogP contribution in [0.2, 0.25) is 0 Å². The number of fused-ring (bicyclic) bond motifs is 4. The standard InChI is InChI=1S/C19H21FN4O5.C8H8F3NO.CH4.ClH/c1-29-17(28)19-5-2-18(3-6-19,4-7-19)10-21-15(25)13-8-12(16(26)27)23-14-11(20)9-22-24(13)14;9-6-2-1-5(4-12)3-7(6)13-8(10)11;;/h8-9H,2-7,10H2,1H3,(H,21,25)(H,26,27);1-3,8H,4,12H2;1H4;1H. The Morgan fingerprint density at radius 2 is 1.73 bits per heavy atom. The number of nitrogens with zero attached hydrogens (tertiary/aromatic N) is 3. The highest BCUT2D eigenvalue weighted by Crippen LogP contribution is 2.57. The largest absolute Gasteiger partial charge is 0.477 e. The number of alkyl halides is 2. The van der Waals surface area contributed by atoms with Gasteiger partial charge in [-0.2, -0.15) is 13.9 Å². The van der Waals surface area contributed by atoms with E-state index in [9.17, 15) is 37.1 Å². The third-order valence-electron chi connectivity index (χ3n) is 7.97. The summed E-state index contributed by atoms with van der Waals surface area (Å²) in [5.74, 6) is -4.17. The Hall–Kier alpha value is -3.98. The van der Waals surface area contributed by atoms with Crippen LogP contribution < -0.4 is 15.8 Å². The quantitative estimate of drug-likeness (QED) is 0.232. The molecule has 16 heteroatoms. The number of nitrogens with one attached hydrogen (secondary N) is 1. The van der Waals surface area contributed by atoms with Gasteiger partial charge in [0.1, 0.15) is 5.69 Å². The summed E-state index contributed by atoms with van der Waals surface area (Å²) in [7, 11) is 1.41. The van der Waals surface area contributed by atoms with Crippen molar-refractivity contribution in [3.8, 4) is 5.75 Å². The fourth-order valence-corrected chi connectivity index (χ4v) is 5.48. The molecule has 0 aliphatic heterocycles. The lowest BCUT2D eigenvalue weighted by atomic mass is 9.53. The van der Waals surface area contributed by atoms with E-state index in [1.54, 1.807) is 0 Å². The van der Waals surface area contributed by atoms with Crippen molar-refractivity contribution in [1.82, 2.24) is 19.9 Å². The summed E-state index contributed by atoms with van der Waals surface area (Å²) < 4.78 is 59.9. The molecule has 3 aromatic rings. The molecule has 3 aliphatic rings. The molecule has 4 N–H and O–H groups in total. The fraction of sp³-hybridized carbons (Fsp3) is 0.464. The van der Waals surface area contributed by atoms with Crippen LogP contribution >= 0.6 is 12.4 Å². The molecule has 0 spiro atoms. The summed E-state index contributed by atoms with van der Waals surface area (Å²) in [6.45, 7) is -2.48. The lowest BCUT2D eigenvalue weighted by molar-refractivity contribution is -0.162. The minimum atomic E-state index is -3.03. The lowest BCUT2D eigenvalue weighted by Gasteiger charge is -2.51. The van der Waals surface area contributed by atoms with Crippen molar-refractivity contribution in [3.63, 3.8) is 0 Å². The van der Waals surface area contributed by atoms with Crippen molar-refractivity contribution in [2.75, 3.05) is 13.7 Å². The van der Waals surface area contributed by atoms with Gasteiger partial charge in [0, 0.05) is 19.2 Å². The molecule has 0 atom stereocenters. The van der Waals surface area contributed by atoms with Crippen LogP contribution in [0.25, 0.3) is 5.65 Å². The van der Waals surface area contributed by atoms with E-state index in [-0.39, 0.29) is 49.1 Å². The summed E-state index contributed by atoms with van der Waals surface area (Å²) >= 11 is 0. The maximum absolute atomic E-state index is 13.9. The molecule has 3 aliphatic carbocycles. The molecule has 3 fully saturated rings. The number of rotatable bonds is 8. The van der Waals surface area contributed by atoms with Gasteiger partial charge in [-0.3, -0.25) is 9.59 Å². The predicted octanol–water partition coefficient (Wildman–Crippen LogP) is 4.75. The van der Waals surface area contributed by atoms with Gasteiger partial charge in [-0.15, -0.1) is 12.4 Å². The fourth-order valence-electron chi connectivity index (χ4n) is 5.48. The van der Waals surface area contributed by atoms with Crippen molar-refractivity contribution in [2.24, 2.45) is 16.6 Å². The molecule has 2 bridgehead atoms. The number of hydrogen-bond acceptors (Lipinski definition) is 8. The second kappa shape index (κ2) is 14.7. The van der Waals surface area contributed by atoms with Gasteiger partial charge in [0.05, 0.1) is 18.7 Å². The molecular weight excluding hydrogens is 614 g/mol. The minimum Gasteiger partial charge on any atom is -0.477 e. The molecule has 2 aromatic heterocycles. The molecule has 6 rings (SSSR count). The van der Waals surface area contributed by atoms with Gasteiger partial charge >= 0.3 is 18.6 Å². The molecule has 3 saturated carbocycles. The van der Waals surface area contributed by atoms with Crippen molar-refractivity contribution < 1.29 is 46.5 Å². The number of amides is 1. The van der Waals surface area contributed by atoms with Crippen molar-refractivity contribution in [2.45, 2.75) is 59.1 Å². The van der Waals surface area contributed by atoms with E-state index >= 15 is 0 Å². The second-order valence-corrected chi connectivity index (χ2v) is 10.4. The molecule has 242 valence electrons. The zero-order valence-corrected chi connectivity index (χ0v) is 23.8. The predicted molar refractivity (Wildman–Crippen MR) is 152 cm³/mol. The molecule has 0 unspecified atom stereocenters. The maximum atomic E-state index is 13.9. The molecular formula is C28H34ClF4N5O6. The van der Waals surface area contributed by atoms with E-state index in [1.807, 2.05) is 0 Å². The van der Waals surface area contributed by atoms with Crippen molar-refractivity contribution >= 4 is 35.9 Å². The second-order valence-electron chi connectivity index (χ2n) is 10.4. The van der Waals surface area contributed by atoms with E-state index in [4.69, 9.17) is 10.5 Å². The summed E-state index contributed by atoms with van der Waals surface area (Å²) in [6, 6.07) is 4.69. The smallest absolute Gasteiger partial charge is 0.387 e. The number of aromatic nitrogens is 3. The Labute approximate surface area is 256 Å². The van der Waals surface area contributed by atoms with Gasteiger partial charge in [-0.05, 0) is 61.6 Å². The van der Waals surface area contributed by atoms with E-state index in [0.717, 1.165) is 67.4 Å². The van der Waals surface area contributed by atoms with Gasteiger partial charge in [0.15, 0.2) is 28.7 Å². The van der Waals surface area contributed by atoms with E-state index in [0.29, 0.717) is 12.1 Å². The Bertz CT molecular complexity index is 1480. The molecule has 1 amide bonds. The van der Waals surface area contributed by atoms with Gasteiger partial charge < -0.3 is 25.6 Å². The summed E-state index contributed by atoms with van der Waals surface area (Å²) in [4.78, 5) is 39.9. The first-order valence-electron chi connectivity index (χ1n) is 13.0. The maximum Gasteiger partial charge on any atom is 0.387 e. The van der Waals surface area contributed by atoms with Crippen LogP contribution in [0.5, 0.6) is 5.75 Å². The van der Waals surface area contributed by atoms with Crippen LogP contribution in [0.3, 0.4) is 0 Å². The molecule has 0 radical (unpaired) electrons. The highest BCUT2D eigenvalue weighted by Gasteiger charge is 2.53. The monoisotopic (exact) mass is 647 g/mol. The first kappa shape index (κ1) is 36.2.